The Hall–Kier alpha value is -1.74. The zero-order valence-electron chi connectivity index (χ0n) is 10.0. The van der Waals surface area contributed by atoms with E-state index in [0.29, 0.717) is 5.56 Å². The molecule has 0 aliphatic heterocycles. The molecule has 3 heteroatoms. The molecule has 0 bridgehead atoms. The first-order chi connectivity index (χ1) is 8.65. The van der Waals surface area contributed by atoms with E-state index in [9.17, 15) is 4.79 Å². The quantitative estimate of drug-likeness (QED) is 0.484. The van der Waals surface area contributed by atoms with Gasteiger partial charge in [-0.05, 0) is 37.3 Å². The number of allylic oxidation sites excluding steroid dienone is 1. The Morgan fingerprint density at radius 1 is 1.22 bits per heavy atom. The molecule has 2 nitrogen and oxygen atoms in total. The molecule has 0 amide bonds. The van der Waals surface area contributed by atoms with Crippen LogP contribution in [0.25, 0.3) is 6.20 Å². The first-order valence-corrected chi connectivity index (χ1v) is 6.40. The number of hydrogen-bond acceptors (Lipinski definition) is 1. The van der Waals surface area contributed by atoms with Crippen molar-refractivity contribution in [3.63, 3.8) is 0 Å². The van der Waals surface area contributed by atoms with Crippen LogP contribution in [0.5, 0.6) is 0 Å². The van der Waals surface area contributed by atoms with Crippen LogP contribution in [0.3, 0.4) is 0 Å². The van der Waals surface area contributed by atoms with Crippen LogP contribution in [0.1, 0.15) is 15.9 Å². The highest BCUT2D eigenvalue weighted by atomic mass is 79.9. The van der Waals surface area contributed by atoms with Gasteiger partial charge in [0.05, 0.1) is 6.08 Å². The number of carbonyl (C=O) groups is 1. The summed E-state index contributed by atoms with van der Waals surface area (Å²) in [5.74, 6) is -0.00324. The average Bonchev–Trinajstić information content (AvgIpc) is 2.37. The standard InChI is InChI=1S/C15H13BrNO/c1-12-3-2-9-17(11-12)10-8-15(18)13-4-6-14(16)7-5-13/h2-11H,1H3/q+1. The maximum absolute atomic E-state index is 11.9. The largest absolute Gasteiger partial charge is 0.289 e. The molecule has 0 atom stereocenters. The van der Waals surface area contributed by atoms with Crippen molar-refractivity contribution in [2.45, 2.75) is 6.92 Å². The van der Waals surface area contributed by atoms with E-state index in [2.05, 4.69) is 15.9 Å². The molecule has 2 aromatic rings. The van der Waals surface area contributed by atoms with Crippen molar-refractivity contribution in [1.29, 1.82) is 0 Å². The second kappa shape index (κ2) is 5.74. The number of nitrogens with zero attached hydrogens (tertiary/aromatic N) is 1. The van der Waals surface area contributed by atoms with E-state index in [1.54, 1.807) is 24.4 Å². The van der Waals surface area contributed by atoms with E-state index in [1.807, 2.05) is 48.1 Å². The Kier molecular flexibility index (Phi) is 4.05. The number of carbonyl (C=O) groups excluding carboxylic acids is 1. The lowest BCUT2D eigenvalue weighted by Crippen LogP contribution is -2.25. The van der Waals surface area contributed by atoms with E-state index < -0.39 is 0 Å². The molecule has 0 N–H and O–H groups in total. The highest BCUT2D eigenvalue weighted by Crippen LogP contribution is 2.11. The SMILES string of the molecule is Cc1ccc[n+](C=CC(=O)c2ccc(Br)cc2)c1. The van der Waals surface area contributed by atoms with Gasteiger partial charge in [0, 0.05) is 21.7 Å². The van der Waals surface area contributed by atoms with Gasteiger partial charge < -0.3 is 0 Å². The zero-order valence-corrected chi connectivity index (χ0v) is 11.6. The Morgan fingerprint density at radius 3 is 2.61 bits per heavy atom. The third-order valence-corrected chi connectivity index (χ3v) is 3.03. The molecule has 1 aromatic carbocycles. The summed E-state index contributed by atoms with van der Waals surface area (Å²) < 4.78 is 2.84. The van der Waals surface area contributed by atoms with E-state index >= 15 is 0 Å². The monoisotopic (exact) mass is 302 g/mol. The van der Waals surface area contributed by atoms with Gasteiger partial charge in [0.25, 0.3) is 0 Å². The van der Waals surface area contributed by atoms with Crippen LogP contribution in [0.15, 0.2) is 59.3 Å². The summed E-state index contributed by atoms with van der Waals surface area (Å²) in [5.41, 5.74) is 1.83. The molecule has 18 heavy (non-hydrogen) atoms. The molecule has 1 aromatic heterocycles. The Bertz CT molecular complexity index is 588. The van der Waals surface area contributed by atoms with Crippen molar-refractivity contribution in [3.8, 4) is 0 Å². The van der Waals surface area contributed by atoms with Crippen LogP contribution >= 0.6 is 15.9 Å². The fraction of sp³-hybridized carbons (Fsp3) is 0.0667. The fourth-order valence-corrected chi connectivity index (χ4v) is 1.84. The smallest absolute Gasteiger partial charge is 0.191 e. The number of aryl methyl sites for hydroxylation is 1. The van der Waals surface area contributed by atoms with Gasteiger partial charge in [0.15, 0.2) is 24.4 Å². The number of hydrogen-bond donors (Lipinski definition) is 0. The van der Waals surface area contributed by atoms with Gasteiger partial charge in [-0.2, -0.15) is 4.57 Å². The number of halogens is 1. The van der Waals surface area contributed by atoms with Crippen molar-refractivity contribution < 1.29 is 9.36 Å². The van der Waals surface area contributed by atoms with Crippen LogP contribution in [0.2, 0.25) is 0 Å². The zero-order chi connectivity index (χ0) is 13.0. The molecule has 1 heterocycles. The predicted molar refractivity (Wildman–Crippen MR) is 75.2 cm³/mol. The summed E-state index contributed by atoms with van der Waals surface area (Å²) in [5, 5.41) is 0. The molecule has 0 radical (unpaired) electrons. The number of rotatable bonds is 3. The summed E-state index contributed by atoms with van der Waals surface area (Å²) in [6.07, 6.45) is 7.20. The second-order valence-corrected chi connectivity index (χ2v) is 4.93. The molecular weight excluding hydrogens is 290 g/mol. The van der Waals surface area contributed by atoms with Crippen LogP contribution in [0, 0.1) is 6.92 Å². The van der Waals surface area contributed by atoms with Gasteiger partial charge >= 0.3 is 0 Å². The van der Waals surface area contributed by atoms with E-state index in [0.717, 1.165) is 10.0 Å². The van der Waals surface area contributed by atoms with Gasteiger partial charge in [0.1, 0.15) is 0 Å². The normalized spacial score (nSPS) is 10.8. The van der Waals surface area contributed by atoms with Gasteiger partial charge in [-0.3, -0.25) is 4.79 Å². The van der Waals surface area contributed by atoms with Gasteiger partial charge in [-0.15, -0.1) is 0 Å². The number of ketones is 1. The van der Waals surface area contributed by atoms with Crippen molar-refractivity contribution in [1.82, 2.24) is 0 Å². The molecule has 90 valence electrons. The summed E-state index contributed by atoms with van der Waals surface area (Å²) in [7, 11) is 0. The minimum Gasteiger partial charge on any atom is -0.289 e. The maximum atomic E-state index is 11.9. The summed E-state index contributed by atoms with van der Waals surface area (Å²) >= 11 is 3.34. The number of aromatic nitrogens is 1. The summed E-state index contributed by atoms with van der Waals surface area (Å²) in [6, 6.07) is 11.3. The van der Waals surface area contributed by atoms with Crippen molar-refractivity contribution in [3.05, 3.63) is 70.5 Å². The van der Waals surface area contributed by atoms with Crippen molar-refractivity contribution >= 4 is 27.9 Å². The third-order valence-electron chi connectivity index (χ3n) is 2.50. The van der Waals surface area contributed by atoms with Crippen molar-refractivity contribution in [2.75, 3.05) is 0 Å². The lowest BCUT2D eigenvalue weighted by molar-refractivity contribution is -0.568. The molecule has 0 saturated carbocycles. The Labute approximate surface area is 115 Å². The molecule has 0 aliphatic rings. The molecular formula is C15H13BrNO+. The minimum atomic E-state index is -0.00324. The molecule has 0 aliphatic carbocycles. The lowest BCUT2D eigenvalue weighted by atomic mass is 10.1. The fourth-order valence-electron chi connectivity index (χ4n) is 1.57. The Balaban J connectivity index is 2.14. The Morgan fingerprint density at radius 2 is 1.94 bits per heavy atom. The highest BCUT2D eigenvalue weighted by Gasteiger charge is 2.03. The first-order valence-electron chi connectivity index (χ1n) is 5.61. The topological polar surface area (TPSA) is 20.9 Å². The molecule has 2 rings (SSSR count). The maximum Gasteiger partial charge on any atom is 0.191 e. The van der Waals surface area contributed by atoms with Crippen LogP contribution in [0.4, 0.5) is 0 Å². The van der Waals surface area contributed by atoms with E-state index in [4.69, 9.17) is 0 Å². The van der Waals surface area contributed by atoms with Gasteiger partial charge in [-0.1, -0.05) is 15.9 Å². The van der Waals surface area contributed by atoms with E-state index in [1.165, 1.54) is 0 Å². The summed E-state index contributed by atoms with van der Waals surface area (Å²) in [4.78, 5) is 11.9. The molecule has 0 spiro atoms. The van der Waals surface area contributed by atoms with Crippen LogP contribution in [-0.2, 0) is 0 Å². The molecule has 0 unspecified atom stereocenters. The molecule has 0 saturated heterocycles. The first kappa shape index (κ1) is 12.7. The van der Waals surface area contributed by atoms with E-state index in [-0.39, 0.29) is 5.78 Å². The highest BCUT2D eigenvalue weighted by molar-refractivity contribution is 9.10. The van der Waals surface area contributed by atoms with Crippen molar-refractivity contribution in [2.24, 2.45) is 0 Å². The van der Waals surface area contributed by atoms with Crippen LogP contribution < -0.4 is 4.57 Å². The summed E-state index contributed by atoms with van der Waals surface area (Å²) in [6.45, 7) is 2.01. The number of benzene rings is 1. The average molecular weight is 303 g/mol. The number of pyridine rings is 1. The van der Waals surface area contributed by atoms with Gasteiger partial charge in [-0.25, -0.2) is 0 Å². The second-order valence-electron chi connectivity index (χ2n) is 4.02. The predicted octanol–water partition coefficient (Wildman–Crippen LogP) is 3.40. The van der Waals surface area contributed by atoms with Crippen LogP contribution in [-0.4, -0.2) is 5.78 Å². The van der Waals surface area contributed by atoms with Gasteiger partial charge in [0.2, 0.25) is 0 Å². The third kappa shape index (κ3) is 3.37. The minimum absolute atomic E-state index is 0.00324. The molecule has 0 fully saturated rings. The lowest BCUT2D eigenvalue weighted by Gasteiger charge is -1.95.